The third kappa shape index (κ3) is 6.42. The van der Waals surface area contributed by atoms with Crippen molar-refractivity contribution in [2.24, 2.45) is 0 Å². The molecule has 3 aromatic heterocycles. The molecule has 4 heterocycles. The fourth-order valence-electron chi connectivity index (χ4n) is 4.89. The van der Waals surface area contributed by atoms with Crippen LogP contribution in [0.25, 0.3) is 22.2 Å². The first-order valence-electron chi connectivity index (χ1n) is 14.2. The highest BCUT2D eigenvalue weighted by molar-refractivity contribution is 5.80. The van der Waals surface area contributed by atoms with Gasteiger partial charge in [0.05, 0.1) is 37.1 Å². The molecule has 1 aliphatic heterocycles. The summed E-state index contributed by atoms with van der Waals surface area (Å²) in [4.78, 5) is 38.6. The molecule has 42 heavy (non-hydrogen) atoms. The first kappa shape index (κ1) is 28.8. The molecule has 222 valence electrons. The van der Waals surface area contributed by atoms with Crippen LogP contribution in [0, 0.1) is 0 Å². The fourth-order valence-corrected chi connectivity index (χ4v) is 4.89. The van der Waals surface area contributed by atoms with Crippen LogP contribution in [-0.4, -0.2) is 45.2 Å². The zero-order chi connectivity index (χ0) is 29.4. The van der Waals surface area contributed by atoms with Gasteiger partial charge >= 0.3 is 0 Å². The molecular formula is C33H42N6O3. The highest BCUT2D eigenvalue weighted by Gasteiger charge is 2.40. The second kappa shape index (κ2) is 13.3. The number of rotatable bonds is 9. The number of fused-ring (bicyclic) bond motifs is 1. The van der Waals surface area contributed by atoms with Crippen molar-refractivity contribution in [2.75, 3.05) is 25.1 Å². The molecule has 1 amide bonds. The van der Waals surface area contributed by atoms with Gasteiger partial charge < -0.3 is 20.4 Å². The molecule has 0 bridgehead atoms. The van der Waals surface area contributed by atoms with E-state index in [9.17, 15) is 9.59 Å². The number of H-pyrrole nitrogens is 1. The molecule has 0 radical (unpaired) electrons. The third-order valence-corrected chi connectivity index (χ3v) is 7.12. The second-order valence-electron chi connectivity index (χ2n) is 10.5. The summed E-state index contributed by atoms with van der Waals surface area (Å²) in [6.45, 7) is 6.03. The van der Waals surface area contributed by atoms with E-state index in [4.69, 9.17) is 4.74 Å². The summed E-state index contributed by atoms with van der Waals surface area (Å²) in [6.07, 6.45) is 6.38. The summed E-state index contributed by atoms with van der Waals surface area (Å²) < 4.78 is 7.02. The van der Waals surface area contributed by atoms with Crippen LogP contribution >= 0.6 is 0 Å². The van der Waals surface area contributed by atoms with Crippen molar-refractivity contribution in [1.82, 2.24) is 24.8 Å². The first-order chi connectivity index (χ1) is 20.5. The molecule has 1 saturated heterocycles. The van der Waals surface area contributed by atoms with Crippen molar-refractivity contribution >= 4 is 22.6 Å². The standard InChI is InChI=1S/C30H28N6O3.C3H8.3H2/c37-27(32-15-24-13-22-14-31-12-11-25(22)35-24)17-36-26(21-7-3-1-4-8-21)16-33-28(29(36)38)34-18-30(19-39-20-30)23-9-5-2-6-10-23;1-3-2;;;/h1-14,16,35H,15,17-20H2,(H,32,37)(H,33,34);3H2,1-2H3;3*1H. The Kier molecular flexibility index (Phi) is 9.08. The Morgan fingerprint density at radius 2 is 1.76 bits per heavy atom. The number of aromatic amines is 1. The molecule has 9 heteroatoms. The van der Waals surface area contributed by atoms with E-state index in [1.165, 1.54) is 11.0 Å². The molecule has 5 aromatic rings. The van der Waals surface area contributed by atoms with Gasteiger partial charge in [0, 0.05) is 39.8 Å². The minimum Gasteiger partial charge on any atom is -0.379 e. The average Bonchev–Trinajstić information content (AvgIpc) is 3.42. The molecule has 6 rings (SSSR count). The van der Waals surface area contributed by atoms with Crippen LogP contribution in [0.5, 0.6) is 0 Å². The summed E-state index contributed by atoms with van der Waals surface area (Å²) in [5.74, 6) is -0.0795. The van der Waals surface area contributed by atoms with Crippen LogP contribution in [0.2, 0.25) is 0 Å². The highest BCUT2D eigenvalue weighted by Crippen LogP contribution is 2.32. The Balaban J connectivity index is 0.00000113. The van der Waals surface area contributed by atoms with E-state index in [2.05, 4.69) is 51.6 Å². The lowest BCUT2D eigenvalue weighted by Crippen LogP contribution is -2.52. The molecule has 0 saturated carbocycles. The number of amides is 1. The largest absolute Gasteiger partial charge is 0.379 e. The molecular weight excluding hydrogens is 528 g/mol. The minimum atomic E-state index is -0.355. The van der Waals surface area contributed by atoms with Crippen LogP contribution in [0.1, 0.15) is 35.8 Å². The van der Waals surface area contributed by atoms with E-state index in [0.29, 0.717) is 32.0 Å². The summed E-state index contributed by atoms with van der Waals surface area (Å²) in [5.41, 5.74) is 3.74. The number of benzene rings is 2. The van der Waals surface area contributed by atoms with E-state index in [0.717, 1.165) is 27.7 Å². The van der Waals surface area contributed by atoms with Crippen molar-refractivity contribution in [3.8, 4) is 11.3 Å². The number of nitrogens with zero attached hydrogens (tertiary/aromatic N) is 3. The Hall–Kier alpha value is -4.76. The number of ether oxygens (including phenoxy) is 1. The van der Waals surface area contributed by atoms with Gasteiger partial charge in [0.2, 0.25) is 5.91 Å². The van der Waals surface area contributed by atoms with Gasteiger partial charge in [-0.25, -0.2) is 4.98 Å². The van der Waals surface area contributed by atoms with Gasteiger partial charge in [0.1, 0.15) is 6.54 Å². The molecule has 0 unspecified atom stereocenters. The molecule has 1 aliphatic rings. The number of hydrogen-bond acceptors (Lipinski definition) is 6. The lowest BCUT2D eigenvalue weighted by molar-refractivity contribution is -0.121. The number of pyridine rings is 1. The van der Waals surface area contributed by atoms with Crippen molar-refractivity contribution in [2.45, 2.75) is 38.8 Å². The first-order valence-corrected chi connectivity index (χ1v) is 14.2. The zero-order valence-electron chi connectivity index (χ0n) is 24.0. The van der Waals surface area contributed by atoms with E-state index in [1.807, 2.05) is 60.7 Å². The summed E-state index contributed by atoms with van der Waals surface area (Å²) in [7, 11) is 0. The third-order valence-electron chi connectivity index (χ3n) is 7.12. The van der Waals surface area contributed by atoms with Gasteiger partial charge in [-0.05, 0) is 23.3 Å². The van der Waals surface area contributed by atoms with Crippen molar-refractivity contribution in [1.29, 1.82) is 0 Å². The normalized spacial score (nSPS) is 13.5. The molecule has 2 aromatic carbocycles. The van der Waals surface area contributed by atoms with Gasteiger partial charge in [-0.2, -0.15) is 0 Å². The monoisotopic (exact) mass is 570 g/mol. The molecule has 9 nitrogen and oxygen atoms in total. The maximum atomic E-state index is 13.7. The Morgan fingerprint density at radius 1 is 1.05 bits per heavy atom. The van der Waals surface area contributed by atoms with Crippen molar-refractivity contribution in [3.63, 3.8) is 0 Å². The van der Waals surface area contributed by atoms with Gasteiger partial charge in [-0.15, -0.1) is 0 Å². The highest BCUT2D eigenvalue weighted by atomic mass is 16.5. The van der Waals surface area contributed by atoms with E-state index in [1.54, 1.807) is 18.6 Å². The second-order valence-corrected chi connectivity index (χ2v) is 10.5. The fraction of sp³-hybridized carbons (Fsp3) is 0.273. The lowest BCUT2D eigenvalue weighted by Gasteiger charge is -2.42. The number of carbonyl (C=O) groups is 1. The van der Waals surface area contributed by atoms with Crippen LogP contribution < -0.4 is 16.2 Å². The van der Waals surface area contributed by atoms with Crippen LogP contribution in [0.4, 0.5) is 5.82 Å². The number of hydrogen-bond donors (Lipinski definition) is 3. The van der Waals surface area contributed by atoms with Crippen molar-refractivity contribution in [3.05, 3.63) is 113 Å². The Bertz CT molecular complexity index is 1660. The molecule has 1 fully saturated rings. The predicted molar refractivity (Wildman–Crippen MR) is 172 cm³/mol. The van der Waals surface area contributed by atoms with E-state index in [-0.39, 0.29) is 33.5 Å². The van der Waals surface area contributed by atoms with Crippen LogP contribution in [0.15, 0.2) is 96.2 Å². The maximum Gasteiger partial charge on any atom is 0.294 e. The molecule has 3 N–H and O–H groups in total. The van der Waals surface area contributed by atoms with Gasteiger partial charge in [-0.1, -0.05) is 80.9 Å². The molecule has 0 atom stereocenters. The predicted octanol–water partition coefficient (Wildman–Crippen LogP) is 5.64. The zero-order valence-corrected chi connectivity index (χ0v) is 24.0. The smallest absolute Gasteiger partial charge is 0.294 e. The van der Waals surface area contributed by atoms with Gasteiger partial charge in [0.15, 0.2) is 5.82 Å². The quantitative estimate of drug-likeness (QED) is 0.211. The van der Waals surface area contributed by atoms with Gasteiger partial charge in [-0.3, -0.25) is 19.1 Å². The van der Waals surface area contributed by atoms with E-state index < -0.39 is 0 Å². The van der Waals surface area contributed by atoms with Gasteiger partial charge in [0.25, 0.3) is 5.56 Å². The van der Waals surface area contributed by atoms with Crippen LogP contribution in [-0.2, 0) is 28.0 Å². The maximum absolute atomic E-state index is 13.7. The average molecular weight is 571 g/mol. The minimum absolute atomic E-state index is 0. The summed E-state index contributed by atoms with van der Waals surface area (Å²) >= 11 is 0. The summed E-state index contributed by atoms with van der Waals surface area (Å²) in [5, 5.41) is 7.15. The topological polar surface area (TPSA) is 114 Å². The summed E-state index contributed by atoms with van der Waals surface area (Å²) in [6, 6.07) is 23.4. The Labute approximate surface area is 249 Å². The lowest BCUT2D eigenvalue weighted by atomic mass is 9.78. The molecule has 0 spiro atoms. The number of anilines is 1. The Morgan fingerprint density at radius 3 is 2.43 bits per heavy atom. The van der Waals surface area contributed by atoms with Crippen molar-refractivity contribution < 1.29 is 13.8 Å². The van der Waals surface area contributed by atoms with E-state index >= 15 is 0 Å². The number of nitrogens with one attached hydrogen (secondary N) is 3. The molecule has 0 aliphatic carbocycles. The van der Waals surface area contributed by atoms with Crippen LogP contribution in [0.3, 0.4) is 0 Å². The number of aromatic nitrogens is 4. The SMILES string of the molecule is CCC.O=C(Cn1c(-c2ccccc2)cnc(NCC2(c3ccccc3)COC2)c1=O)NCc1cc2cnccc2[nH]1.[HH].[HH].[HH]. The number of carbonyl (C=O) groups excluding carboxylic acids is 1.